The highest BCUT2D eigenvalue weighted by Crippen LogP contribution is 2.12. The van der Waals surface area contributed by atoms with Crippen molar-refractivity contribution in [2.75, 3.05) is 5.73 Å². The summed E-state index contributed by atoms with van der Waals surface area (Å²) in [6.45, 7) is 4.95. The topological polar surface area (TPSA) is 78.7 Å². The molecule has 0 aliphatic rings. The number of anilines is 1. The first-order valence-electron chi connectivity index (χ1n) is 5.97. The van der Waals surface area contributed by atoms with Crippen molar-refractivity contribution >= 4 is 5.69 Å². The van der Waals surface area contributed by atoms with Crippen LogP contribution >= 0.6 is 0 Å². The molecule has 96 valence electrons. The standard InChI is InChI=1S/C12H17N5O/c1-3-6-16-12(18)17(15-14-16)8-10-4-5-11(13)9(2)7-10/h4-5,7H,3,6,8,13H2,1-2H3. The smallest absolute Gasteiger partial charge is 0.363 e. The van der Waals surface area contributed by atoms with Gasteiger partial charge in [-0.1, -0.05) is 19.1 Å². The molecule has 0 unspecified atom stereocenters. The number of hydrogen-bond donors (Lipinski definition) is 1. The maximum atomic E-state index is 11.9. The summed E-state index contributed by atoms with van der Waals surface area (Å²) in [5.74, 6) is 0. The Morgan fingerprint density at radius 1 is 1.28 bits per heavy atom. The van der Waals surface area contributed by atoms with Gasteiger partial charge >= 0.3 is 5.69 Å². The first-order valence-corrected chi connectivity index (χ1v) is 5.97. The number of nitrogens with two attached hydrogens (primary N) is 1. The van der Waals surface area contributed by atoms with Crippen molar-refractivity contribution in [2.24, 2.45) is 0 Å². The Balaban J connectivity index is 2.23. The van der Waals surface area contributed by atoms with Gasteiger partial charge in [-0.15, -0.1) is 0 Å². The van der Waals surface area contributed by atoms with E-state index >= 15 is 0 Å². The second-order valence-electron chi connectivity index (χ2n) is 4.33. The summed E-state index contributed by atoms with van der Waals surface area (Å²) in [5, 5.41) is 7.70. The van der Waals surface area contributed by atoms with E-state index in [2.05, 4.69) is 10.4 Å². The van der Waals surface area contributed by atoms with Gasteiger partial charge in [-0.2, -0.15) is 9.36 Å². The van der Waals surface area contributed by atoms with Gasteiger partial charge in [0.2, 0.25) is 0 Å². The predicted molar refractivity (Wildman–Crippen MR) is 69.3 cm³/mol. The molecule has 6 heteroatoms. The molecule has 1 heterocycles. The van der Waals surface area contributed by atoms with Crippen molar-refractivity contribution in [1.82, 2.24) is 19.8 Å². The van der Waals surface area contributed by atoms with Crippen LogP contribution in [0, 0.1) is 6.92 Å². The highest BCUT2D eigenvalue weighted by atomic mass is 16.2. The molecular formula is C12H17N5O. The number of aryl methyl sites for hydroxylation is 2. The van der Waals surface area contributed by atoms with Crippen LogP contribution in [0.5, 0.6) is 0 Å². The number of nitrogens with zero attached hydrogens (tertiary/aromatic N) is 4. The van der Waals surface area contributed by atoms with Crippen molar-refractivity contribution in [2.45, 2.75) is 33.4 Å². The lowest BCUT2D eigenvalue weighted by atomic mass is 10.1. The van der Waals surface area contributed by atoms with E-state index in [4.69, 9.17) is 5.73 Å². The highest BCUT2D eigenvalue weighted by molar-refractivity contribution is 5.47. The van der Waals surface area contributed by atoms with E-state index in [1.807, 2.05) is 32.0 Å². The summed E-state index contributed by atoms with van der Waals surface area (Å²) in [6.07, 6.45) is 0.861. The lowest BCUT2D eigenvalue weighted by Crippen LogP contribution is -2.25. The normalized spacial score (nSPS) is 10.8. The minimum atomic E-state index is -0.175. The van der Waals surface area contributed by atoms with Crippen LogP contribution in [0.2, 0.25) is 0 Å². The Hall–Kier alpha value is -2.11. The van der Waals surface area contributed by atoms with E-state index in [1.165, 1.54) is 9.36 Å². The zero-order chi connectivity index (χ0) is 13.1. The zero-order valence-corrected chi connectivity index (χ0v) is 10.6. The fourth-order valence-electron chi connectivity index (χ4n) is 1.77. The number of hydrogen-bond acceptors (Lipinski definition) is 4. The lowest BCUT2D eigenvalue weighted by molar-refractivity contribution is 0.564. The number of tetrazole rings is 1. The first-order chi connectivity index (χ1) is 8.61. The molecule has 2 N–H and O–H groups in total. The van der Waals surface area contributed by atoms with E-state index in [0.717, 1.165) is 23.2 Å². The van der Waals surface area contributed by atoms with Crippen molar-refractivity contribution in [3.8, 4) is 0 Å². The zero-order valence-electron chi connectivity index (χ0n) is 10.6. The van der Waals surface area contributed by atoms with Crippen LogP contribution in [0.4, 0.5) is 5.69 Å². The summed E-state index contributed by atoms with van der Waals surface area (Å²) in [7, 11) is 0. The quantitative estimate of drug-likeness (QED) is 0.810. The van der Waals surface area contributed by atoms with E-state index < -0.39 is 0 Å². The predicted octanol–water partition coefficient (Wildman–Crippen LogP) is 0.789. The minimum Gasteiger partial charge on any atom is -0.399 e. The molecular weight excluding hydrogens is 230 g/mol. The molecule has 0 bridgehead atoms. The third-order valence-corrected chi connectivity index (χ3v) is 2.80. The Bertz CT molecular complexity index is 599. The Labute approximate surface area is 105 Å². The minimum absolute atomic E-state index is 0.175. The molecule has 0 saturated heterocycles. The Kier molecular flexibility index (Phi) is 3.45. The lowest BCUT2D eigenvalue weighted by Gasteiger charge is -2.03. The number of rotatable bonds is 4. The van der Waals surface area contributed by atoms with Crippen molar-refractivity contribution < 1.29 is 0 Å². The van der Waals surface area contributed by atoms with Gasteiger partial charge < -0.3 is 5.73 Å². The van der Waals surface area contributed by atoms with Gasteiger partial charge in [0.15, 0.2) is 0 Å². The third-order valence-electron chi connectivity index (χ3n) is 2.80. The average molecular weight is 247 g/mol. The van der Waals surface area contributed by atoms with Crippen LogP contribution in [-0.4, -0.2) is 19.8 Å². The summed E-state index contributed by atoms with van der Waals surface area (Å²) in [6, 6.07) is 5.69. The van der Waals surface area contributed by atoms with Crippen molar-refractivity contribution in [3.63, 3.8) is 0 Å². The van der Waals surface area contributed by atoms with E-state index in [9.17, 15) is 4.79 Å². The molecule has 0 radical (unpaired) electrons. The Morgan fingerprint density at radius 3 is 2.67 bits per heavy atom. The van der Waals surface area contributed by atoms with Crippen molar-refractivity contribution in [1.29, 1.82) is 0 Å². The summed E-state index contributed by atoms with van der Waals surface area (Å²) in [4.78, 5) is 11.9. The molecule has 2 aromatic rings. The van der Waals surface area contributed by atoms with Gasteiger partial charge in [-0.25, -0.2) is 4.79 Å². The maximum Gasteiger partial charge on any atom is 0.363 e. The fraction of sp³-hybridized carbons (Fsp3) is 0.417. The molecule has 0 amide bonds. The second kappa shape index (κ2) is 5.03. The largest absolute Gasteiger partial charge is 0.399 e. The SMILES string of the molecule is CCCn1nnn(Cc2ccc(N)c(C)c2)c1=O. The van der Waals surface area contributed by atoms with Gasteiger partial charge in [0.05, 0.1) is 6.54 Å². The number of aromatic nitrogens is 4. The average Bonchev–Trinajstić information content (AvgIpc) is 2.67. The van der Waals surface area contributed by atoms with Gasteiger partial charge in [-0.3, -0.25) is 0 Å². The van der Waals surface area contributed by atoms with Crippen LogP contribution in [0.1, 0.15) is 24.5 Å². The first kappa shape index (κ1) is 12.3. The van der Waals surface area contributed by atoms with E-state index in [-0.39, 0.29) is 5.69 Å². The molecule has 2 rings (SSSR count). The van der Waals surface area contributed by atoms with Crippen LogP contribution < -0.4 is 11.4 Å². The van der Waals surface area contributed by atoms with E-state index in [0.29, 0.717) is 13.1 Å². The maximum absolute atomic E-state index is 11.9. The fourth-order valence-corrected chi connectivity index (χ4v) is 1.77. The summed E-state index contributed by atoms with van der Waals surface area (Å²) in [5.41, 5.74) is 8.33. The molecule has 0 fully saturated rings. The monoisotopic (exact) mass is 247 g/mol. The van der Waals surface area contributed by atoms with Crippen LogP contribution in [0.25, 0.3) is 0 Å². The van der Waals surface area contributed by atoms with Crippen LogP contribution in [-0.2, 0) is 13.1 Å². The van der Waals surface area contributed by atoms with Crippen molar-refractivity contribution in [3.05, 3.63) is 39.8 Å². The molecule has 0 aliphatic carbocycles. The van der Waals surface area contributed by atoms with Crippen LogP contribution in [0.3, 0.4) is 0 Å². The van der Waals surface area contributed by atoms with Gasteiger partial charge in [0.1, 0.15) is 0 Å². The van der Waals surface area contributed by atoms with E-state index in [1.54, 1.807) is 0 Å². The molecule has 0 aliphatic heterocycles. The molecule has 0 spiro atoms. The highest BCUT2D eigenvalue weighted by Gasteiger charge is 2.06. The Morgan fingerprint density at radius 2 is 2.00 bits per heavy atom. The summed E-state index contributed by atoms with van der Waals surface area (Å²) >= 11 is 0. The molecule has 6 nitrogen and oxygen atoms in total. The van der Waals surface area contributed by atoms with Gasteiger partial charge in [0.25, 0.3) is 0 Å². The van der Waals surface area contributed by atoms with Gasteiger partial charge in [-0.05, 0) is 41.0 Å². The molecule has 18 heavy (non-hydrogen) atoms. The summed E-state index contributed by atoms with van der Waals surface area (Å²) < 4.78 is 2.74. The molecule has 0 atom stereocenters. The van der Waals surface area contributed by atoms with Crippen LogP contribution in [0.15, 0.2) is 23.0 Å². The molecule has 0 saturated carbocycles. The molecule has 1 aromatic heterocycles. The van der Waals surface area contributed by atoms with Gasteiger partial charge in [0, 0.05) is 12.2 Å². The third kappa shape index (κ3) is 2.42. The number of nitrogen functional groups attached to an aromatic ring is 1. The number of benzene rings is 1. The second-order valence-corrected chi connectivity index (χ2v) is 4.33. The molecule has 1 aromatic carbocycles.